The van der Waals surface area contributed by atoms with Gasteiger partial charge in [-0.15, -0.1) is 0 Å². The summed E-state index contributed by atoms with van der Waals surface area (Å²) >= 11 is 5.19. The summed E-state index contributed by atoms with van der Waals surface area (Å²) in [7, 11) is 0. The molecule has 0 amide bonds. The Morgan fingerprint density at radius 3 is 2.86 bits per heavy atom. The minimum Gasteiger partial charge on any atom is -0.491 e. The number of anilines is 1. The largest absolute Gasteiger partial charge is 0.491 e. The van der Waals surface area contributed by atoms with Crippen molar-refractivity contribution in [2.45, 2.75) is 13.5 Å². The van der Waals surface area contributed by atoms with Gasteiger partial charge in [0.2, 0.25) is 0 Å². The van der Waals surface area contributed by atoms with Crippen LogP contribution in [0.15, 0.2) is 42.5 Å². The Bertz CT molecular complexity index is 684. The third-order valence-corrected chi connectivity index (χ3v) is 3.93. The van der Waals surface area contributed by atoms with Crippen LogP contribution in [0.2, 0.25) is 0 Å². The van der Waals surface area contributed by atoms with E-state index in [0.717, 1.165) is 30.1 Å². The average molecular weight is 298 g/mol. The van der Waals surface area contributed by atoms with Gasteiger partial charge in [0.25, 0.3) is 0 Å². The number of para-hydroxylation sites is 1. The van der Waals surface area contributed by atoms with Gasteiger partial charge in [0.1, 0.15) is 17.3 Å². The lowest BCUT2D eigenvalue weighted by atomic mass is 10.1. The number of hydrogen-bond acceptors (Lipinski definition) is 3. The van der Waals surface area contributed by atoms with Crippen LogP contribution < -0.4 is 15.4 Å². The van der Waals surface area contributed by atoms with Crippen molar-refractivity contribution in [1.29, 1.82) is 0 Å². The molecule has 108 valence electrons. The molecule has 0 spiro atoms. The molecule has 0 aromatic heterocycles. The highest BCUT2D eigenvalue weighted by atomic mass is 32.1. The lowest BCUT2D eigenvalue weighted by Gasteiger charge is -2.25. The van der Waals surface area contributed by atoms with Crippen molar-refractivity contribution < 1.29 is 4.74 Å². The lowest BCUT2D eigenvalue weighted by molar-refractivity contribution is 0.331. The molecule has 3 rings (SSSR count). The van der Waals surface area contributed by atoms with E-state index in [0.29, 0.717) is 11.6 Å². The number of nitrogens with two attached hydrogens (primary N) is 1. The lowest BCUT2D eigenvalue weighted by Crippen LogP contribution is -2.28. The minimum atomic E-state index is 0.434. The van der Waals surface area contributed by atoms with Gasteiger partial charge in [-0.2, -0.15) is 0 Å². The number of aryl methyl sites for hydroxylation is 1. The molecule has 21 heavy (non-hydrogen) atoms. The molecule has 0 atom stereocenters. The van der Waals surface area contributed by atoms with E-state index in [9.17, 15) is 0 Å². The molecule has 0 aliphatic carbocycles. The van der Waals surface area contributed by atoms with Gasteiger partial charge >= 0.3 is 0 Å². The third-order valence-electron chi connectivity index (χ3n) is 3.71. The van der Waals surface area contributed by atoms with Crippen LogP contribution in [0, 0.1) is 6.92 Å². The average Bonchev–Trinajstić information content (AvgIpc) is 2.68. The van der Waals surface area contributed by atoms with Crippen molar-refractivity contribution in [1.82, 2.24) is 0 Å². The van der Waals surface area contributed by atoms with Gasteiger partial charge in [0.05, 0.1) is 6.54 Å². The molecule has 0 fully saturated rings. The number of fused-ring (bicyclic) bond motifs is 1. The van der Waals surface area contributed by atoms with Crippen LogP contribution in [-0.4, -0.2) is 18.1 Å². The summed E-state index contributed by atoms with van der Waals surface area (Å²) in [5.74, 6) is 0.963. The Morgan fingerprint density at radius 2 is 2.05 bits per heavy atom. The molecule has 1 aliphatic heterocycles. The Morgan fingerprint density at radius 1 is 1.24 bits per heavy atom. The standard InChI is InChI=1S/C17H18N2OS/c1-12-6-7-14(17(18)21)15(10-12)19-8-9-20-16-5-3-2-4-13(16)11-19/h2-7,10H,8-9,11H2,1H3,(H2,18,21). The van der Waals surface area contributed by atoms with Crippen molar-refractivity contribution >= 4 is 22.9 Å². The molecule has 2 aromatic rings. The first-order chi connectivity index (χ1) is 10.1. The van der Waals surface area contributed by atoms with Crippen molar-refractivity contribution in [3.05, 3.63) is 59.2 Å². The smallest absolute Gasteiger partial charge is 0.124 e. The van der Waals surface area contributed by atoms with Gasteiger partial charge in [0.15, 0.2) is 0 Å². The van der Waals surface area contributed by atoms with Crippen molar-refractivity contribution in [2.24, 2.45) is 5.73 Å². The molecular weight excluding hydrogens is 280 g/mol. The predicted octanol–water partition coefficient (Wildman–Crippen LogP) is 3.03. The van der Waals surface area contributed by atoms with Crippen molar-refractivity contribution in [3.8, 4) is 5.75 Å². The molecule has 0 saturated carbocycles. The maximum atomic E-state index is 5.88. The molecule has 1 aliphatic rings. The van der Waals surface area contributed by atoms with E-state index >= 15 is 0 Å². The second-order valence-corrected chi connectivity index (χ2v) is 5.70. The molecule has 0 unspecified atom stereocenters. The zero-order valence-corrected chi connectivity index (χ0v) is 12.8. The van der Waals surface area contributed by atoms with E-state index < -0.39 is 0 Å². The molecule has 2 aromatic carbocycles. The normalized spacial score (nSPS) is 14.0. The highest BCUT2D eigenvalue weighted by Gasteiger charge is 2.18. The van der Waals surface area contributed by atoms with Gasteiger partial charge in [0, 0.05) is 23.4 Å². The van der Waals surface area contributed by atoms with Gasteiger partial charge in [-0.25, -0.2) is 0 Å². The number of rotatable bonds is 2. The zero-order valence-electron chi connectivity index (χ0n) is 12.0. The molecule has 1 heterocycles. The van der Waals surface area contributed by atoms with Crippen LogP contribution in [0.5, 0.6) is 5.75 Å². The fourth-order valence-corrected chi connectivity index (χ4v) is 2.82. The first kappa shape index (κ1) is 13.9. The fourth-order valence-electron chi connectivity index (χ4n) is 2.64. The second kappa shape index (κ2) is 5.74. The van der Waals surface area contributed by atoms with E-state index in [1.165, 1.54) is 11.1 Å². The monoisotopic (exact) mass is 298 g/mol. The van der Waals surface area contributed by atoms with Crippen molar-refractivity contribution in [3.63, 3.8) is 0 Å². The topological polar surface area (TPSA) is 38.5 Å². The van der Waals surface area contributed by atoms with Crippen molar-refractivity contribution in [2.75, 3.05) is 18.1 Å². The summed E-state index contributed by atoms with van der Waals surface area (Å²) in [6, 6.07) is 14.3. The Hall–Kier alpha value is -2.07. The molecular formula is C17H18N2OS. The second-order valence-electron chi connectivity index (χ2n) is 5.26. The zero-order chi connectivity index (χ0) is 14.8. The number of nitrogens with zero attached hydrogens (tertiary/aromatic N) is 1. The Labute approximate surface area is 130 Å². The molecule has 0 saturated heterocycles. The quantitative estimate of drug-likeness (QED) is 0.865. The van der Waals surface area contributed by atoms with Crippen LogP contribution in [0.25, 0.3) is 0 Å². The highest BCUT2D eigenvalue weighted by molar-refractivity contribution is 7.80. The van der Waals surface area contributed by atoms with E-state index in [2.05, 4.69) is 24.0 Å². The fraction of sp³-hybridized carbons (Fsp3) is 0.235. The maximum absolute atomic E-state index is 5.88. The van der Waals surface area contributed by atoms with Gasteiger partial charge in [-0.05, 0) is 30.7 Å². The maximum Gasteiger partial charge on any atom is 0.124 e. The number of benzene rings is 2. The first-order valence-corrected chi connectivity index (χ1v) is 7.42. The number of ether oxygens (including phenoxy) is 1. The Balaban J connectivity index is 2.01. The van der Waals surface area contributed by atoms with Crippen LogP contribution in [0.4, 0.5) is 5.69 Å². The first-order valence-electron chi connectivity index (χ1n) is 7.01. The van der Waals surface area contributed by atoms with E-state index in [-0.39, 0.29) is 0 Å². The highest BCUT2D eigenvalue weighted by Crippen LogP contribution is 2.29. The molecule has 0 radical (unpaired) electrons. The summed E-state index contributed by atoms with van der Waals surface area (Å²) < 4.78 is 5.83. The summed E-state index contributed by atoms with van der Waals surface area (Å²) in [5.41, 5.74) is 10.3. The minimum absolute atomic E-state index is 0.434. The van der Waals surface area contributed by atoms with E-state index in [1.54, 1.807) is 0 Å². The van der Waals surface area contributed by atoms with Crippen LogP contribution in [-0.2, 0) is 6.54 Å². The summed E-state index contributed by atoms with van der Waals surface area (Å²) in [5, 5.41) is 0. The van der Waals surface area contributed by atoms with Gasteiger partial charge in [-0.3, -0.25) is 0 Å². The summed E-state index contributed by atoms with van der Waals surface area (Å²) in [6.07, 6.45) is 0. The molecule has 0 bridgehead atoms. The molecule has 2 N–H and O–H groups in total. The SMILES string of the molecule is Cc1ccc(C(N)=S)c(N2CCOc3ccccc3C2)c1. The van der Waals surface area contributed by atoms with Gasteiger partial charge in [-0.1, -0.05) is 36.5 Å². The Kier molecular flexibility index (Phi) is 3.80. The number of thiocarbonyl (C=S) groups is 1. The van der Waals surface area contributed by atoms with Gasteiger partial charge < -0.3 is 15.4 Å². The molecule has 3 nitrogen and oxygen atoms in total. The van der Waals surface area contributed by atoms with Crippen LogP contribution in [0.1, 0.15) is 16.7 Å². The summed E-state index contributed by atoms with van der Waals surface area (Å²) in [4.78, 5) is 2.72. The number of hydrogen-bond donors (Lipinski definition) is 1. The summed E-state index contributed by atoms with van der Waals surface area (Å²) in [6.45, 7) is 4.35. The van der Waals surface area contributed by atoms with E-state index in [1.807, 2.05) is 30.3 Å². The van der Waals surface area contributed by atoms with Crippen LogP contribution in [0.3, 0.4) is 0 Å². The molecule has 4 heteroatoms. The third kappa shape index (κ3) is 2.85. The van der Waals surface area contributed by atoms with Crippen LogP contribution >= 0.6 is 12.2 Å². The predicted molar refractivity (Wildman–Crippen MR) is 90.1 cm³/mol. The van der Waals surface area contributed by atoms with E-state index in [4.69, 9.17) is 22.7 Å².